The Balaban J connectivity index is 1.82. The fraction of sp³-hybridized carbons (Fsp3) is 0.353. The lowest BCUT2D eigenvalue weighted by atomic mass is 9.85. The number of hydrogen-bond acceptors (Lipinski definition) is 3. The molecular formula is C17H18N2O3. The maximum absolute atomic E-state index is 12.4. The van der Waals surface area contributed by atoms with E-state index in [4.69, 9.17) is 0 Å². The Bertz CT molecular complexity index is 744. The lowest BCUT2D eigenvalue weighted by Gasteiger charge is -2.27. The van der Waals surface area contributed by atoms with Gasteiger partial charge < -0.3 is 10.4 Å². The summed E-state index contributed by atoms with van der Waals surface area (Å²) in [5.41, 5.74) is -0.353. The zero-order valence-corrected chi connectivity index (χ0v) is 12.4. The predicted molar refractivity (Wildman–Crippen MR) is 82.6 cm³/mol. The van der Waals surface area contributed by atoms with Crippen molar-refractivity contribution in [2.75, 3.05) is 0 Å². The molecule has 1 saturated carbocycles. The average molecular weight is 298 g/mol. The Morgan fingerprint density at radius 3 is 2.91 bits per heavy atom. The highest BCUT2D eigenvalue weighted by molar-refractivity contribution is 5.98. The Hall–Kier alpha value is -2.43. The summed E-state index contributed by atoms with van der Waals surface area (Å²) in [5.74, 6) is -1.08. The first-order valence-corrected chi connectivity index (χ1v) is 7.39. The molecule has 0 spiro atoms. The molecule has 1 heterocycles. The molecule has 2 atom stereocenters. The second kappa shape index (κ2) is 5.40. The second-order valence-corrected chi connectivity index (χ2v) is 6.08. The first-order chi connectivity index (χ1) is 10.5. The fourth-order valence-corrected chi connectivity index (χ4v) is 3.12. The van der Waals surface area contributed by atoms with Gasteiger partial charge in [0.2, 0.25) is 0 Å². The average Bonchev–Trinajstić information content (AvgIpc) is 2.89. The molecule has 114 valence electrons. The molecule has 2 aromatic rings. The van der Waals surface area contributed by atoms with Gasteiger partial charge in [0.15, 0.2) is 0 Å². The van der Waals surface area contributed by atoms with Crippen LogP contribution in [0.4, 0.5) is 0 Å². The van der Waals surface area contributed by atoms with E-state index in [1.165, 1.54) is 0 Å². The van der Waals surface area contributed by atoms with Gasteiger partial charge in [-0.1, -0.05) is 12.5 Å². The molecule has 1 aliphatic carbocycles. The van der Waals surface area contributed by atoms with E-state index in [1.54, 1.807) is 31.5 Å². The summed E-state index contributed by atoms with van der Waals surface area (Å²) in [6.45, 7) is 1.71. The summed E-state index contributed by atoms with van der Waals surface area (Å²) in [4.78, 5) is 28.0. The first-order valence-electron chi connectivity index (χ1n) is 7.39. The lowest BCUT2D eigenvalue weighted by Crippen LogP contribution is -2.47. The van der Waals surface area contributed by atoms with E-state index in [9.17, 15) is 14.7 Å². The largest absolute Gasteiger partial charge is 0.481 e. The number of benzene rings is 1. The predicted octanol–water partition coefficient (Wildman–Crippen LogP) is 2.61. The van der Waals surface area contributed by atoms with Crippen molar-refractivity contribution in [1.82, 2.24) is 10.3 Å². The molecule has 0 bridgehead atoms. The van der Waals surface area contributed by atoms with Crippen molar-refractivity contribution >= 4 is 22.6 Å². The molecule has 2 unspecified atom stereocenters. The number of nitrogens with zero attached hydrogens (tertiary/aromatic N) is 1. The fourth-order valence-electron chi connectivity index (χ4n) is 3.12. The minimum atomic E-state index is -0.881. The van der Waals surface area contributed by atoms with Crippen LogP contribution in [0.5, 0.6) is 0 Å². The number of pyridine rings is 1. The Morgan fingerprint density at radius 1 is 1.32 bits per heavy atom. The van der Waals surface area contributed by atoms with Gasteiger partial charge in [-0.2, -0.15) is 0 Å². The van der Waals surface area contributed by atoms with Gasteiger partial charge in [-0.05, 0) is 43.4 Å². The monoisotopic (exact) mass is 298 g/mol. The van der Waals surface area contributed by atoms with E-state index in [-0.39, 0.29) is 11.9 Å². The Kier molecular flexibility index (Phi) is 3.56. The molecule has 1 aromatic heterocycles. The van der Waals surface area contributed by atoms with Crippen molar-refractivity contribution in [3.05, 3.63) is 42.2 Å². The zero-order chi connectivity index (χ0) is 15.7. The number of carboxylic acids is 1. The van der Waals surface area contributed by atoms with Crippen molar-refractivity contribution in [2.24, 2.45) is 5.41 Å². The third kappa shape index (κ3) is 2.43. The quantitative estimate of drug-likeness (QED) is 0.913. The van der Waals surface area contributed by atoms with Crippen LogP contribution in [0.2, 0.25) is 0 Å². The van der Waals surface area contributed by atoms with Gasteiger partial charge in [-0.25, -0.2) is 0 Å². The molecule has 1 aromatic carbocycles. The van der Waals surface area contributed by atoms with Crippen LogP contribution in [0.15, 0.2) is 36.7 Å². The first kappa shape index (κ1) is 14.5. The van der Waals surface area contributed by atoms with Gasteiger partial charge in [0.1, 0.15) is 0 Å². The number of carboxylic acid groups (broad SMARTS) is 1. The molecular weight excluding hydrogens is 280 g/mol. The van der Waals surface area contributed by atoms with E-state index in [2.05, 4.69) is 10.3 Å². The van der Waals surface area contributed by atoms with Crippen LogP contribution < -0.4 is 5.32 Å². The molecule has 0 aliphatic heterocycles. The Morgan fingerprint density at radius 2 is 2.14 bits per heavy atom. The molecule has 0 radical (unpaired) electrons. The standard InChI is InChI=1S/C17H18N2O3/c1-17(16(21)22)7-2-3-14(17)19-15(20)12-5-4-11-6-8-18-10-13(11)9-12/h4-6,8-10,14H,2-3,7H2,1H3,(H,19,20)(H,21,22). The van der Waals surface area contributed by atoms with Crippen LogP contribution in [-0.2, 0) is 4.79 Å². The number of carbonyl (C=O) groups excluding carboxylic acids is 1. The van der Waals surface area contributed by atoms with Crippen LogP contribution in [0.3, 0.4) is 0 Å². The third-order valence-corrected chi connectivity index (χ3v) is 4.65. The van der Waals surface area contributed by atoms with Crippen molar-refractivity contribution < 1.29 is 14.7 Å². The van der Waals surface area contributed by atoms with Crippen LogP contribution in [0.1, 0.15) is 36.5 Å². The maximum atomic E-state index is 12.4. The van der Waals surface area contributed by atoms with E-state index in [1.807, 2.05) is 12.1 Å². The molecule has 3 rings (SSSR count). The summed E-state index contributed by atoms with van der Waals surface area (Å²) in [6.07, 6.45) is 5.52. The van der Waals surface area contributed by atoms with E-state index in [0.29, 0.717) is 18.4 Å². The summed E-state index contributed by atoms with van der Waals surface area (Å²) < 4.78 is 0. The van der Waals surface area contributed by atoms with E-state index in [0.717, 1.165) is 17.2 Å². The topological polar surface area (TPSA) is 79.3 Å². The summed E-state index contributed by atoms with van der Waals surface area (Å²) >= 11 is 0. The number of aliphatic carboxylic acids is 1. The summed E-state index contributed by atoms with van der Waals surface area (Å²) in [7, 11) is 0. The van der Waals surface area contributed by atoms with E-state index >= 15 is 0 Å². The molecule has 1 amide bonds. The van der Waals surface area contributed by atoms with Gasteiger partial charge in [0.05, 0.1) is 5.41 Å². The van der Waals surface area contributed by atoms with E-state index < -0.39 is 11.4 Å². The highest BCUT2D eigenvalue weighted by atomic mass is 16.4. The normalized spacial score (nSPS) is 24.3. The highest BCUT2D eigenvalue weighted by Gasteiger charge is 2.45. The number of amides is 1. The van der Waals surface area contributed by atoms with Crippen molar-refractivity contribution in [3.63, 3.8) is 0 Å². The number of aromatic nitrogens is 1. The minimum absolute atomic E-state index is 0.231. The molecule has 2 N–H and O–H groups in total. The Labute approximate surface area is 128 Å². The van der Waals surface area contributed by atoms with Crippen LogP contribution in [0.25, 0.3) is 10.8 Å². The van der Waals surface area contributed by atoms with Gasteiger partial charge >= 0.3 is 5.97 Å². The molecule has 1 aliphatic rings. The van der Waals surface area contributed by atoms with Crippen molar-refractivity contribution in [3.8, 4) is 0 Å². The number of carbonyl (C=O) groups is 2. The van der Waals surface area contributed by atoms with Crippen molar-refractivity contribution in [1.29, 1.82) is 0 Å². The summed E-state index contributed by atoms with van der Waals surface area (Å²) in [6, 6.07) is 6.96. The molecule has 22 heavy (non-hydrogen) atoms. The molecule has 0 saturated heterocycles. The molecule has 5 nitrogen and oxygen atoms in total. The number of hydrogen-bond donors (Lipinski definition) is 2. The number of rotatable bonds is 3. The molecule has 5 heteroatoms. The highest BCUT2D eigenvalue weighted by Crippen LogP contribution is 2.38. The van der Waals surface area contributed by atoms with Gasteiger partial charge in [0.25, 0.3) is 5.91 Å². The number of fused-ring (bicyclic) bond motifs is 1. The van der Waals surface area contributed by atoms with Crippen LogP contribution in [-0.4, -0.2) is 28.0 Å². The maximum Gasteiger partial charge on any atom is 0.311 e. The zero-order valence-electron chi connectivity index (χ0n) is 12.4. The van der Waals surface area contributed by atoms with Crippen molar-refractivity contribution in [2.45, 2.75) is 32.2 Å². The lowest BCUT2D eigenvalue weighted by molar-refractivity contribution is -0.148. The minimum Gasteiger partial charge on any atom is -0.481 e. The van der Waals surface area contributed by atoms with Crippen LogP contribution >= 0.6 is 0 Å². The second-order valence-electron chi connectivity index (χ2n) is 6.08. The number of nitrogens with one attached hydrogen (secondary N) is 1. The third-order valence-electron chi connectivity index (χ3n) is 4.65. The van der Waals surface area contributed by atoms with Gasteiger partial charge in [-0.15, -0.1) is 0 Å². The SMILES string of the molecule is CC1(C(=O)O)CCCC1NC(=O)c1ccc2ccncc2c1. The van der Waals surface area contributed by atoms with Gasteiger partial charge in [0, 0.05) is 29.4 Å². The van der Waals surface area contributed by atoms with Gasteiger partial charge in [-0.3, -0.25) is 14.6 Å². The molecule has 1 fully saturated rings. The summed E-state index contributed by atoms with van der Waals surface area (Å²) in [5, 5.41) is 14.2. The smallest absolute Gasteiger partial charge is 0.311 e. The van der Waals surface area contributed by atoms with Crippen LogP contribution in [0, 0.1) is 5.41 Å².